The number of ether oxygens (including phenoxy) is 1. The van der Waals surface area contributed by atoms with Gasteiger partial charge in [-0.15, -0.1) is 0 Å². The number of carbonyl (C=O) groups excluding carboxylic acids is 1. The van der Waals surface area contributed by atoms with E-state index in [0.717, 1.165) is 5.56 Å². The molecule has 2 aromatic carbocycles. The maximum atomic E-state index is 11.9. The van der Waals surface area contributed by atoms with Crippen LogP contribution in [0.5, 0.6) is 5.75 Å². The highest BCUT2D eigenvalue weighted by molar-refractivity contribution is 6.31. The number of aryl methyl sites for hydroxylation is 1. The van der Waals surface area contributed by atoms with Crippen LogP contribution in [0.1, 0.15) is 15.9 Å². The van der Waals surface area contributed by atoms with Gasteiger partial charge in [-0.3, -0.25) is 4.79 Å². The van der Waals surface area contributed by atoms with Crippen LogP contribution in [-0.2, 0) is 0 Å². The highest BCUT2D eigenvalue weighted by Crippen LogP contribution is 2.16. The summed E-state index contributed by atoms with van der Waals surface area (Å²) in [6, 6.07) is 12.3. The van der Waals surface area contributed by atoms with E-state index in [1.807, 2.05) is 19.1 Å². The number of nitrogens with one attached hydrogen (secondary N) is 1. The molecule has 0 atom stereocenters. The van der Waals surface area contributed by atoms with Crippen LogP contribution in [-0.4, -0.2) is 19.1 Å². The van der Waals surface area contributed by atoms with Gasteiger partial charge in [0.05, 0.1) is 6.54 Å². The Kier molecular flexibility index (Phi) is 5.06. The molecule has 0 unspecified atom stereocenters. The highest BCUT2D eigenvalue weighted by Gasteiger charge is 2.06. The van der Waals surface area contributed by atoms with Gasteiger partial charge in [0.2, 0.25) is 0 Å². The lowest BCUT2D eigenvalue weighted by Gasteiger charge is -2.09. The van der Waals surface area contributed by atoms with Crippen LogP contribution in [0.25, 0.3) is 0 Å². The Morgan fingerprint density at radius 2 is 2.10 bits per heavy atom. The van der Waals surface area contributed by atoms with E-state index in [1.165, 1.54) is 0 Å². The van der Waals surface area contributed by atoms with Crippen LogP contribution < -0.4 is 15.8 Å². The summed E-state index contributed by atoms with van der Waals surface area (Å²) in [6.45, 7) is 2.65. The summed E-state index contributed by atoms with van der Waals surface area (Å²) >= 11 is 5.93. The van der Waals surface area contributed by atoms with Crippen LogP contribution in [0.15, 0.2) is 42.5 Å². The average Bonchev–Trinajstić information content (AvgIpc) is 2.46. The van der Waals surface area contributed by atoms with Gasteiger partial charge in [0.25, 0.3) is 5.91 Å². The minimum Gasteiger partial charge on any atom is -0.492 e. The Balaban J connectivity index is 1.80. The number of anilines is 1. The van der Waals surface area contributed by atoms with Gasteiger partial charge in [-0.05, 0) is 42.8 Å². The second-order valence-electron chi connectivity index (χ2n) is 4.64. The van der Waals surface area contributed by atoms with Crippen molar-refractivity contribution in [2.75, 3.05) is 18.9 Å². The third-order valence-electron chi connectivity index (χ3n) is 2.93. The molecule has 0 spiro atoms. The molecule has 2 rings (SSSR count). The van der Waals surface area contributed by atoms with Gasteiger partial charge in [0.1, 0.15) is 12.4 Å². The van der Waals surface area contributed by atoms with E-state index in [0.29, 0.717) is 35.2 Å². The van der Waals surface area contributed by atoms with E-state index in [-0.39, 0.29) is 5.91 Å². The zero-order valence-corrected chi connectivity index (χ0v) is 12.5. The molecule has 3 N–H and O–H groups in total. The van der Waals surface area contributed by atoms with E-state index in [1.54, 1.807) is 30.3 Å². The largest absolute Gasteiger partial charge is 0.492 e. The number of carbonyl (C=O) groups is 1. The molecule has 110 valence electrons. The number of benzene rings is 2. The van der Waals surface area contributed by atoms with E-state index in [9.17, 15) is 4.79 Å². The lowest BCUT2D eigenvalue weighted by Crippen LogP contribution is -2.28. The summed E-state index contributed by atoms with van der Waals surface area (Å²) in [7, 11) is 0. The van der Waals surface area contributed by atoms with Gasteiger partial charge in [0.15, 0.2) is 0 Å². The zero-order valence-electron chi connectivity index (χ0n) is 11.7. The molecule has 21 heavy (non-hydrogen) atoms. The van der Waals surface area contributed by atoms with Gasteiger partial charge in [-0.2, -0.15) is 0 Å². The molecule has 2 aromatic rings. The lowest BCUT2D eigenvalue weighted by molar-refractivity contribution is 0.0947. The number of amides is 1. The first-order valence-corrected chi connectivity index (χ1v) is 6.97. The lowest BCUT2D eigenvalue weighted by atomic mass is 10.1. The van der Waals surface area contributed by atoms with Crippen molar-refractivity contribution in [3.8, 4) is 5.75 Å². The molecule has 5 heteroatoms. The maximum Gasteiger partial charge on any atom is 0.251 e. The fraction of sp³-hybridized carbons (Fsp3) is 0.188. The summed E-state index contributed by atoms with van der Waals surface area (Å²) in [5.41, 5.74) is 7.76. The molecule has 0 heterocycles. The minimum atomic E-state index is -0.147. The van der Waals surface area contributed by atoms with Crippen molar-refractivity contribution in [1.29, 1.82) is 0 Å². The number of hydrogen-bond donors (Lipinski definition) is 2. The van der Waals surface area contributed by atoms with Gasteiger partial charge in [-0.25, -0.2) is 0 Å². The summed E-state index contributed by atoms with van der Waals surface area (Å²) in [5.74, 6) is 0.539. The number of halogens is 1. The summed E-state index contributed by atoms with van der Waals surface area (Å²) in [6.07, 6.45) is 0. The quantitative estimate of drug-likeness (QED) is 0.659. The van der Waals surface area contributed by atoms with Crippen molar-refractivity contribution in [1.82, 2.24) is 5.32 Å². The molecule has 1 amide bonds. The molecule has 0 aliphatic heterocycles. The van der Waals surface area contributed by atoms with Crippen molar-refractivity contribution in [3.05, 3.63) is 58.6 Å². The topological polar surface area (TPSA) is 64.3 Å². The Morgan fingerprint density at radius 3 is 2.81 bits per heavy atom. The van der Waals surface area contributed by atoms with Gasteiger partial charge in [-0.1, -0.05) is 17.7 Å². The molecule has 0 aliphatic carbocycles. The van der Waals surface area contributed by atoms with Crippen LogP contribution in [0, 0.1) is 6.92 Å². The smallest absolute Gasteiger partial charge is 0.251 e. The predicted octanol–water partition coefficient (Wildman–Crippen LogP) is 3.04. The zero-order chi connectivity index (χ0) is 15.2. The molecule has 0 saturated carbocycles. The van der Waals surface area contributed by atoms with E-state index < -0.39 is 0 Å². The SMILES string of the molecule is Cc1cc(C(=O)NCCOc2cccc(N)c2)ccc1Cl. The summed E-state index contributed by atoms with van der Waals surface area (Å²) in [4.78, 5) is 11.9. The third kappa shape index (κ3) is 4.39. The summed E-state index contributed by atoms with van der Waals surface area (Å²) < 4.78 is 5.50. The number of nitrogen functional groups attached to an aromatic ring is 1. The van der Waals surface area contributed by atoms with E-state index in [4.69, 9.17) is 22.1 Å². The molecule has 0 radical (unpaired) electrons. The van der Waals surface area contributed by atoms with Gasteiger partial charge >= 0.3 is 0 Å². The second kappa shape index (κ2) is 6.99. The second-order valence-corrected chi connectivity index (χ2v) is 5.05. The summed E-state index contributed by atoms with van der Waals surface area (Å²) in [5, 5.41) is 3.44. The van der Waals surface area contributed by atoms with Crippen molar-refractivity contribution >= 4 is 23.2 Å². The first kappa shape index (κ1) is 15.2. The minimum absolute atomic E-state index is 0.147. The van der Waals surface area contributed by atoms with Crippen molar-refractivity contribution < 1.29 is 9.53 Å². The van der Waals surface area contributed by atoms with E-state index in [2.05, 4.69) is 5.32 Å². The first-order valence-electron chi connectivity index (χ1n) is 6.59. The fourth-order valence-corrected chi connectivity index (χ4v) is 1.94. The standard InChI is InChI=1S/C16H17ClN2O2/c1-11-9-12(5-6-15(11)17)16(20)19-7-8-21-14-4-2-3-13(18)10-14/h2-6,9-10H,7-8,18H2,1H3,(H,19,20). The molecular weight excluding hydrogens is 288 g/mol. The first-order chi connectivity index (χ1) is 10.1. The van der Waals surface area contributed by atoms with Gasteiger partial charge in [0, 0.05) is 22.3 Å². The van der Waals surface area contributed by atoms with Crippen molar-refractivity contribution in [2.24, 2.45) is 0 Å². The molecule has 0 aromatic heterocycles. The third-order valence-corrected chi connectivity index (χ3v) is 3.36. The fourth-order valence-electron chi connectivity index (χ4n) is 1.83. The van der Waals surface area contributed by atoms with E-state index >= 15 is 0 Å². The number of rotatable bonds is 5. The van der Waals surface area contributed by atoms with Crippen molar-refractivity contribution in [3.63, 3.8) is 0 Å². The van der Waals surface area contributed by atoms with Crippen molar-refractivity contribution in [2.45, 2.75) is 6.92 Å². The maximum absolute atomic E-state index is 11.9. The monoisotopic (exact) mass is 304 g/mol. The molecule has 0 fully saturated rings. The molecule has 0 bridgehead atoms. The Labute approximate surface area is 128 Å². The molecule has 0 saturated heterocycles. The van der Waals surface area contributed by atoms with Crippen LogP contribution in [0.4, 0.5) is 5.69 Å². The predicted molar refractivity (Wildman–Crippen MR) is 84.9 cm³/mol. The van der Waals surface area contributed by atoms with Crippen LogP contribution in [0.2, 0.25) is 5.02 Å². The molecule has 4 nitrogen and oxygen atoms in total. The molecule has 0 aliphatic rings. The molecular formula is C16H17ClN2O2. The Morgan fingerprint density at radius 1 is 1.29 bits per heavy atom. The normalized spacial score (nSPS) is 10.2. The Bertz CT molecular complexity index is 644. The number of hydrogen-bond acceptors (Lipinski definition) is 3. The highest BCUT2D eigenvalue weighted by atomic mass is 35.5. The Hall–Kier alpha value is -2.20. The average molecular weight is 305 g/mol. The van der Waals surface area contributed by atoms with Gasteiger partial charge < -0.3 is 15.8 Å². The van der Waals surface area contributed by atoms with Crippen LogP contribution >= 0.6 is 11.6 Å². The number of nitrogens with two attached hydrogens (primary N) is 1. The van der Waals surface area contributed by atoms with Crippen LogP contribution in [0.3, 0.4) is 0 Å².